The Kier molecular flexibility index (Phi) is 7.76. The van der Waals surface area contributed by atoms with Crippen LogP contribution in [0.15, 0.2) is 82.3 Å². The van der Waals surface area contributed by atoms with Crippen molar-refractivity contribution in [3.05, 3.63) is 100 Å². The third kappa shape index (κ3) is 6.01. The van der Waals surface area contributed by atoms with Gasteiger partial charge in [0.1, 0.15) is 11.5 Å². The molecule has 3 aromatic carbocycles. The fourth-order valence-electron chi connectivity index (χ4n) is 4.54. The van der Waals surface area contributed by atoms with E-state index in [2.05, 4.69) is 31.0 Å². The number of halogens is 3. The van der Waals surface area contributed by atoms with Crippen LogP contribution in [0.4, 0.5) is 14.5 Å². The van der Waals surface area contributed by atoms with Crippen LogP contribution in [0, 0.1) is 17.6 Å². The minimum Gasteiger partial charge on any atom is -0.339 e. The maximum atomic E-state index is 14.4. The number of aromatic nitrogens is 3. The molecule has 0 saturated carbocycles. The molecule has 1 amide bonds. The van der Waals surface area contributed by atoms with Crippen LogP contribution in [-0.2, 0) is 16.4 Å². The van der Waals surface area contributed by atoms with Crippen LogP contribution in [-0.4, -0.2) is 47.3 Å². The Morgan fingerprint density at radius 1 is 1.03 bits per heavy atom. The minimum absolute atomic E-state index is 0.128. The van der Waals surface area contributed by atoms with Gasteiger partial charge in [-0.15, -0.1) is 5.10 Å². The number of rotatable bonds is 7. The number of para-hydroxylation sites is 1. The van der Waals surface area contributed by atoms with Gasteiger partial charge >= 0.3 is 0 Å². The molecule has 1 aromatic heterocycles. The van der Waals surface area contributed by atoms with Crippen molar-refractivity contribution < 1.29 is 22.0 Å². The summed E-state index contributed by atoms with van der Waals surface area (Å²) in [6.07, 6.45) is 3.82. The van der Waals surface area contributed by atoms with E-state index in [-0.39, 0.29) is 28.0 Å². The first kappa shape index (κ1) is 26.9. The molecule has 0 atom stereocenters. The minimum atomic E-state index is -4.09. The molecule has 0 bridgehead atoms. The molecule has 1 aliphatic heterocycles. The van der Waals surface area contributed by atoms with Gasteiger partial charge in [-0.25, -0.2) is 21.9 Å². The molecule has 202 valence electrons. The number of piperidine rings is 1. The molecular weight excluding hydrogens is 592 g/mol. The summed E-state index contributed by atoms with van der Waals surface area (Å²) in [4.78, 5) is 14.7. The average Bonchev–Trinajstić information content (AvgIpc) is 3.39. The average molecular weight is 616 g/mol. The number of hydrogen-bond donors (Lipinski definition) is 1. The lowest BCUT2D eigenvalue weighted by molar-refractivity contribution is 0.0690. The number of likely N-dealkylation sites (tertiary alicyclic amines) is 1. The van der Waals surface area contributed by atoms with Gasteiger partial charge < -0.3 is 4.90 Å². The summed E-state index contributed by atoms with van der Waals surface area (Å²) >= 11 is 3.18. The molecule has 0 aliphatic carbocycles. The van der Waals surface area contributed by atoms with Crippen molar-refractivity contribution in [1.82, 2.24) is 19.9 Å². The number of nitrogens with one attached hydrogen (secondary N) is 1. The number of nitrogens with zero attached hydrogens (tertiary/aromatic N) is 4. The second-order valence-corrected chi connectivity index (χ2v) is 11.8. The fraction of sp³-hybridized carbons (Fsp3) is 0.222. The van der Waals surface area contributed by atoms with Crippen LogP contribution in [0.1, 0.15) is 28.9 Å². The first-order valence-corrected chi connectivity index (χ1v) is 14.5. The van der Waals surface area contributed by atoms with E-state index >= 15 is 0 Å². The fourth-order valence-corrected chi connectivity index (χ4v) is 6.01. The van der Waals surface area contributed by atoms with Gasteiger partial charge in [0, 0.05) is 18.7 Å². The second-order valence-electron chi connectivity index (χ2n) is 9.28. The van der Waals surface area contributed by atoms with E-state index in [0.29, 0.717) is 29.7 Å². The molecule has 0 spiro atoms. The van der Waals surface area contributed by atoms with Crippen LogP contribution >= 0.6 is 15.9 Å². The summed E-state index contributed by atoms with van der Waals surface area (Å²) in [5.41, 5.74) is 1.11. The van der Waals surface area contributed by atoms with Gasteiger partial charge in [-0.3, -0.25) is 9.52 Å². The Labute approximate surface area is 232 Å². The van der Waals surface area contributed by atoms with Gasteiger partial charge in [0.25, 0.3) is 15.9 Å². The summed E-state index contributed by atoms with van der Waals surface area (Å²) < 4.78 is 58.0. The van der Waals surface area contributed by atoms with E-state index in [0.717, 1.165) is 24.6 Å². The molecule has 0 unspecified atom stereocenters. The largest absolute Gasteiger partial charge is 0.339 e. The molecule has 39 heavy (non-hydrogen) atoms. The van der Waals surface area contributed by atoms with Gasteiger partial charge in [-0.05, 0) is 83.6 Å². The molecule has 1 saturated heterocycles. The standard InChI is InChI=1S/C27H24BrF2N5O3S/c28-22-7-4-10-25(26(22)30)35-17-20(31-33-35)15-18-11-13-34(14-12-18)27(36)19-5-3-6-21(16-19)39(37,38)32-24-9-2-1-8-23(24)29/h1-10,16-18,32H,11-15H2. The molecule has 12 heteroatoms. The normalized spacial score (nSPS) is 14.4. The van der Waals surface area contributed by atoms with E-state index in [1.165, 1.54) is 41.1 Å². The highest BCUT2D eigenvalue weighted by Gasteiger charge is 2.26. The number of sulfonamides is 1. The zero-order chi connectivity index (χ0) is 27.6. The van der Waals surface area contributed by atoms with Gasteiger partial charge in [-0.2, -0.15) is 0 Å². The lowest BCUT2D eigenvalue weighted by Crippen LogP contribution is -2.39. The quantitative estimate of drug-likeness (QED) is 0.308. The summed E-state index contributed by atoms with van der Waals surface area (Å²) in [7, 11) is -4.09. The highest BCUT2D eigenvalue weighted by Crippen LogP contribution is 2.25. The Bertz CT molecular complexity index is 1620. The van der Waals surface area contributed by atoms with E-state index < -0.39 is 21.7 Å². The number of benzene rings is 3. The van der Waals surface area contributed by atoms with Crippen molar-refractivity contribution in [2.24, 2.45) is 5.92 Å². The topological polar surface area (TPSA) is 97.2 Å². The van der Waals surface area contributed by atoms with Gasteiger partial charge in [0.05, 0.1) is 26.9 Å². The first-order valence-electron chi connectivity index (χ1n) is 12.2. The molecule has 8 nitrogen and oxygen atoms in total. The lowest BCUT2D eigenvalue weighted by atomic mass is 9.92. The van der Waals surface area contributed by atoms with Gasteiger partial charge in [-0.1, -0.05) is 29.5 Å². The number of amides is 1. The predicted molar refractivity (Wildman–Crippen MR) is 145 cm³/mol. The van der Waals surface area contributed by atoms with Crippen molar-refractivity contribution >= 4 is 37.5 Å². The molecule has 1 N–H and O–H groups in total. The van der Waals surface area contributed by atoms with E-state index in [1.54, 1.807) is 35.4 Å². The number of carbonyl (C=O) groups is 1. The second kappa shape index (κ2) is 11.2. The maximum Gasteiger partial charge on any atom is 0.262 e. The zero-order valence-electron chi connectivity index (χ0n) is 20.6. The third-order valence-corrected chi connectivity index (χ3v) is 8.60. The summed E-state index contributed by atoms with van der Waals surface area (Å²) in [6.45, 7) is 1.00. The smallest absolute Gasteiger partial charge is 0.262 e. The van der Waals surface area contributed by atoms with Crippen LogP contribution in [0.3, 0.4) is 0 Å². The summed E-state index contributed by atoms with van der Waals surface area (Å²) in [6, 6.07) is 16.2. The predicted octanol–water partition coefficient (Wildman–Crippen LogP) is 5.20. The molecule has 2 heterocycles. The van der Waals surface area contributed by atoms with Crippen LogP contribution in [0.2, 0.25) is 0 Å². The van der Waals surface area contributed by atoms with Crippen molar-refractivity contribution in [3.8, 4) is 5.69 Å². The van der Waals surface area contributed by atoms with Crippen molar-refractivity contribution in [2.75, 3.05) is 17.8 Å². The molecule has 4 aromatic rings. The molecular formula is C27H24BrF2N5O3S. The first-order chi connectivity index (χ1) is 18.7. The molecule has 1 fully saturated rings. The Morgan fingerprint density at radius 3 is 2.54 bits per heavy atom. The summed E-state index contributed by atoms with van der Waals surface area (Å²) in [5, 5.41) is 8.25. The Morgan fingerprint density at radius 2 is 1.77 bits per heavy atom. The number of hydrogen-bond acceptors (Lipinski definition) is 5. The lowest BCUT2D eigenvalue weighted by Gasteiger charge is -2.31. The van der Waals surface area contributed by atoms with E-state index in [1.807, 2.05) is 0 Å². The summed E-state index contributed by atoms with van der Waals surface area (Å²) in [5.74, 6) is -1.12. The van der Waals surface area contributed by atoms with Crippen LogP contribution in [0.5, 0.6) is 0 Å². The highest BCUT2D eigenvalue weighted by atomic mass is 79.9. The molecule has 0 radical (unpaired) electrons. The number of anilines is 1. The number of carbonyl (C=O) groups excluding carboxylic acids is 1. The third-order valence-electron chi connectivity index (χ3n) is 6.63. The van der Waals surface area contributed by atoms with Crippen molar-refractivity contribution in [2.45, 2.75) is 24.2 Å². The monoisotopic (exact) mass is 615 g/mol. The van der Waals surface area contributed by atoms with Gasteiger partial charge in [0.15, 0.2) is 5.82 Å². The Hall–Kier alpha value is -3.64. The Balaban J connectivity index is 1.20. The zero-order valence-corrected chi connectivity index (χ0v) is 23.0. The van der Waals surface area contributed by atoms with Crippen LogP contribution < -0.4 is 4.72 Å². The SMILES string of the molecule is O=C(c1cccc(S(=O)(=O)Nc2ccccc2F)c1)N1CCC(Cc2cn(-c3cccc(Br)c3F)nn2)CC1. The van der Waals surface area contributed by atoms with Gasteiger partial charge in [0.2, 0.25) is 0 Å². The molecule has 5 rings (SSSR count). The highest BCUT2D eigenvalue weighted by molar-refractivity contribution is 9.10. The van der Waals surface area contributed by atoms with Crippen molar-refractivity contribution in [3.63, 3.8) is 0 Å². The molecule has 1 aliphatic rings. The van der Waals surface area contributed by atoms with E-state index in [9.17, 15) is 22.0 Å². The van der Waals surface area contributed by atoms with E-state index in [4.69, 9.17) is 0 Å². The van der Waals surface area contributed by atoms with Crippen LogP contribution in [0.25, 0.3) is 5.69 Å². The maximum absolute atomic E-state index is 14.4. The van der Waals surface area contributed by atoms with Crippen molar-refractivity contribution in [1.29, 1.82) is 0 Å².